The summed E-state index contributed by atoms with van der Waals surface area (Å²) in [6, 6.07) is -0.891. The Morgan fingerprint density at radius 2 is 2.27 bits per heavy atom. The number of carbonyl (C=O) groups is 1. The fourth-order valence-electron chi connectivity index (χ4n) is 0.322. The molecule has 5 heteroatoms. The summed E-state index contributed by atoms with van der Waals surface area (Å²) in [5.74, 6) is -0.839. The molecule has 0 saturated carbocycles. The largest absolute Gasteiger partial charge is 0.394 e. The van der Waals surface area contributed by atoms with Crippen molar-refractivity contribution in [3.63, 3.8) is 0 Å². The number of amides is 1. The highest BCUT2D eigenvalue weighted by Crippen LogP contribution is 1.83. The Morgan fingerprint density at radius 3 is 2.64 bits per heavy atom. The van der Waals surface area contributed by atoms with Crippen molar-refractivity contribution in [1.82, 2.24) is 5.73 Å². The summed E-state index contributed by atoms with van der Waals surface area (Å²) < 4.78 is 0. The van der Waals surface area contributed by atoms with E-state index >= 15 is 0 Å². The van der Waals surface area contributed by atoms with Crippen LogP contribution in [0.25, 0.3) is 0 Å². The van der Waals surface area contributed by atoms with E-state index in [0.29, 0.717) is 0 Å². The van der Waals surface area contributed by atoms with Crippen LogP contribution in [-0.2, 0) is 9.63 Å². The molecule has 0 aromatic carbocycles. The molecule has 3 N–H and O–H groups in total. The van der Waals surface area contributed by atoms with Gasteiger partial charge in [0.1, 0.15) is 12.6 Å². The zero-order valence-corrected chi connectivity index (χ0v) is 6.63. The van der Waals surface area contributed by atoms with Crippen LogP contribution in [0.4, 0.5) is 0 Å². The van der Waals surface area contributed by atoms with E-state index in [1.807, 2.05) is 0 Å². The zero-order chi connectivity index (χ0) is 8.85. The molecule has 0 aliphatic heterocycles. The van der Waals surface area contributed by atoms with Crippen LogP contribution in [0.2, 0.25) is 0 Å². The lowest BCUT2D eigenvalue weighted by Crippen LogP contribution is -2.35. The zero-order valence-electron chi connectivity index (χ0n) is 6.63. The van der Waals surface area contributed by atoms with Gasteiger partial charge in [-0.1, -0.05) is 5.16 Å². The third-order valence-electron chi connectivity index (χ3n) is 0.838. The minimum atomic E-state index is -0.891. The summed E-state index contributed by atoms with van der Waals surface area (Å²) in [7, 11) is 0. The monoisotopic (exact) mass is 158 g/mol. The first kappa shape index (κ1) is 9.90. The summed E-state index contributed by atoms with van der Waals surface area (Å²) in [6.07, 6.45) is 0. The molecular weight excluding hydrogens is 146 g/mol. The maximum absolute atomic E-state index is 10.2. The quantitative estimate of drug-likeness (QED) is 0.443. The molecule has 0 aromatic rings. The van der Waals surface area contributed by atoms with Gasteiger partial charge in [0.25, 0.3) is 5.91 Å². The van der Waals surface area contributed by atoms with Crippen molar-refractivity contribution in [1.29, 1.82) is 0 Å². The summed E-state index contributed by atoms with van der Waals surface area (Å²) >= 11 is 0. The highest BCUT2D eigenvalue weighted by molar-refractivity contribution is 5.79. The lowest BCUT2D eigenvalue weighted by atomic mass is 10.3. The van der Waals surface area contributed by atoms with Gasteiger partial charge >= 0.3 is 0 Å². The van der Waals surface area contributed by atoms with E-state index in [0.717, 1.165) is 5.71 Å². The first-order valence-corrected chi connectivity index (χ1v) is 3.18. The van der Waals surface area contributed by atoms with Crippen LogP contribution in [0, 0.1) is 0 Å². The van der Waals surface area contributed by atoms with Crippen LogP contribution in [-0.4, -0.2) is 24.3 Å². The average molecular weight is 158 g/mol. The molecule has 5 nitrogen and oxygen atoms in total. The van der Waals surface area contributed by atoms with Gasteiger partial charge in [-0.15, -0.1) is 0 Å². The molecule has 1 radical (unpaired) electrons. The van der Waals surface area contributed by atoms with E-state index in [2.05, 4.69) is 9.99 Å². The molecule has 11 heavy (non-hydrogen) atoms. The molecule has 0 fully saturated rings. The van der Waals surface area contributed by atoms with E-state index < -0.39 is 11.9 Å². The van der Waals surface area contributed by atoms with Crippen molar-refractivity contribution in [3.05, 3.63) is 0 Å². The molecular formula is C6H12N3O2. The number of nitrogens with zero attached hydrogens (tertiary/aromatic N) is 1. The van der Waals surface area contributed by atoms with Crippen LogP contribution >= 0.6 is 0 Å². The molecule has 0 rings (SSSR count). The topological polar surface area (TPSA) is 88.5 Å². The normalized spacial score (nSPS) is 11.9. The van der Waals surface area contributed by atoms with E-state index in [1.165, 1.54) is 0 Å². The first-order chi connectivity index (χ1) is 5.04. The fraction of sp³-hybridized carbons (Fsp3) is 0.667. The highest BCUT2D eigenvalue weighted by Gasteiger charge is 2.09. The second-order valence-electron chi connectivity index (χ2n) is 2.31. The second kappa shape index (κ2) is 4.68. The third kappa shape index (κ3) is 5.35. The fourth-order valence-corrected chi connectivity index (χ4v) is 0.322. The predicted octanol–water partition coefficient (Wildman–Crippen LogP) is -0.464. The Bertz CT molecular complexity index is 163. The number of hydrogen-bond acceptors (Lipinski definition) is 4. The van der Waals surface area contributed by atoms with Gasteiger partial charge in [0, 0.05) is 0 Å². The Balaban J connectivity index is 3.55. The molecule has 0 aliphatic carbocycles. The molecule has 0 saturated heterocycles. The van der Waals surface area contributed by atoms with Crippen LogP contribution < -0.4 is 11.5 Å². The van der Waals surface area contributed by atoms with Gasteiger partial charge in [0.2, 0.25) is 0 Å². The van der Waals surface area contributed by atoms with E-state index in [1.54, 1.807) is 13.8 Å². The average Bonchev–Trinajstić information content (AvgIpc) is 1.86. The van der Waals surface area contributed by atoms with Gasteiger partial charge in [0.15, 0.2) is 0 Å². The molecule has 1 amide bonds. The van der Waals surface area contributed by atoms with Gasteiger partial charge in [-0.3, -0.25) is 10.5 Å². The summed E-state index contributed by atoms with van der Waals surface area (Å²) in [4.78, 5) is 14.9. The molecule has 0 heterocycles. The minimum absolute atomic E-state index is 0.0342. The van der Waals surface area contributed by atoms with Crippen molar-refractivity contribution in [2.75, 3.05) is 6.61 Å². The second-order valence-corrected chi connectivity index (χ2v) is 2.31. The Labute approximate surface area is 65.4 Å². The van der Waals surface area contributed by atoms with Crippen molar-refractivity contribution in [2.24, 2.45) is 10.9 Å². The number of rotatable bonds is 4. The Morgan fingerprint density at radius 1 is 1.73 bits per heavy atom. The Hall–Kier alpha value is -1.10. The van der Waals surface area contributed by atoms with Crippen molar-refractivity contribution < 1.29 is 9.63 Å². The standard InChI is InChI=1S/C6H12N3O2/c1-4(2)9-11-3-5(7)6(8)10/h5,8H,3,7H2,1-2H3. The minimum Gasteiger partial charge on any atom is -0.394 e. The van der Waals surface area contributed by atoms with Crippen molar-refractivity contribution >= 4 is 11.6 Å². The van der Waals surface area contributed by atoms with Crippen LogP contribution in [0.3, 0.4) is 0 Å². The molecule has 1 atom stereocenters. The molecule has 0 bridgehead atoms. The number of nitrogens with two attached hydrogens (primary N) is 1. The maximum atomic E-state index is 10.2. The summed E-state index contributed by atoms with van der Waals surface area (Å²) in [6.45, 7) is 3.48. The molecule has 0 spiro atoms. The molecule has 0 aromatic heterocycles. The van der Waals surface area contributed by atoms with Gasteiger partial charge in [-0.2, -0.15) is 0 Å². The predicted molar refractivity (Wildman–Crippen MR) is 40.8 cm³/mol. The number of nitrogens with one attached hydrogen (secondary N) is 1. The molecule has 63 valence electrons. The first-order valence-electron chi connectivity index (χ1n) is 3.18. The van der Waals surface area contributed by atoms with Crippen LogP contribution in [0.1, 0.15) is 13.8 Å². The van der Waals surface area contributed by atoms with Crippen LogP contribution in [0.15, 0.2) is 5.16 Å². The van der Waals surface area contributed by atoms with Gasteiger partial charge in [-0.25, -0.2) is 0 Å². The van der Waals surface area contributed by atoms with Crippen molar-refractivity contribution in [2.45, 2.75) is 19.9 Å². The smallest absolute Gasteiger partial charge is 0.258 e. The Kier molecular flexibility index (Phi) is 4.21. The van der Waals surface area contributed by atoms with Gasteiger partial charge < -0.3 is 10.6 Å². The number of carbonyl (C=O) groups excluding carboxylic acids is 1. The highest BCUT2D eigenvalue weighted by atomic mass is 16.6. The van der Waals surface area contributed by atoms with E-state index in [9.17, 15) is 4.79 Å². The molecule has 1 unspecified atom stereocenters. The summed E-state index contributed by atoms with van der Waals surface area (Å²) in [5.41, 5.74) is 12.5. The maximum Gasteiger partial charge on any atom is 0.258 e. The SMILES string of the molecule is CC(C)=NOCC(N)C([NH])=O. The van der Waals surface area contributed by atoms with Crippen LogP contribution in [0.5, 0.6) is 0 Å². The number of hydrogen-bond donors (Lipinski definition) is 1. The third-order valence-corrected chi connectivity index (χ3v) is 0.838. The molecule has 0 aliphatic rings. The number of oxime groups is 1. The summed E-state index contributed by atoms with van der Waals surface area (Å²) in [5, 5.41) is 3.55. The lowest BCUT2D eigenvalue weighted by molar-refractivity contribution is -0.121. The van der Waals surface area contributed by atoms with E-state index in [-0.39, 0.29) is 6.61 Å². The van der Waals surface area contributed by atoms with Gasteiger partial charge in [0.05, 0.1) is 5.71 Å². The van der Waals surface area contributed by atoms with Crippen molar-refractivity contribution in [3.8, 4) is 0 Å². The van der Waals surface area contributed by atoms with E-state index in [4.69, 9.17) is 11.5 Å². The lowest BCUT2D eigenvalue weighted by Gasteiger charge is -2.03. The van der Waals surface area contributed by atoms with Gasteiger partial charge in [-0.05, 0) is 13.8 Å².